The van der Waals surface area contributed by atoms with Crippen LogP contribution in [0.25, 0.3) is 0 Å². The summed E-state index contributed by atoms with van der Waals surface area (Å²) < 4.78 is 0. The third kappa shape index (κ3) is 6.37. The molecule has 0 heterocycles. The number of nitrogens with one attached hydrogen (secondary N) is 1. The van der Waals surface area contributed by atoms with E-state index in [0.29, 0.717) is 0 Å². The molecule has 0 aromatic carbocycles. The van der Waals surface area contributed by atoms with Crippen LogP contribution >= 0.6 is 11.6 Å². The molecule has 9 heteroatoms. The molecule has 19 heavy (non-hydrogen) atoms. The first kappa shape index (κ1) is 17.6. The predicted octanol–water partition coefficient (Wildman–Crippen LogP) is -1.30. The molecule has 4 atom stereocenters. The third-order valence-electron chi connectivity index (χ3n) is 2.49. The molecular weight excluding hydrogens is 278 g/mol. The first-order valence-electron chi connectivity index (χ1n) is 5.58. The summed E-state index contributed by atoms with van der Waals surface area (Å²) in [6.45, 7) is 1.30. The highest BCUT2D eigenvalue weighted by Crippen LogP contribution is 2.10. The van der Waals surface area contributed by atoms with Crippen LogP contribution in [0.1, 0.15) is 19.8 Å². The van der Waals surface area contributed by atoms with E-state index in [1.54, 1.807) is 0 Å². The number of alkyl halides is 1. The number of hydrogen-bond donors (Lipinski definition) is 5. The number of carboxylic acids is 2. The normalized spacial score (nSPS) is 17.1. The lowest BCUT2D eigenvalue weighted by atomic mass is 10.1. The average Bonchev–Trinajstić information content (AvgIpc) is 2.33. The van der Waals surface area contributed by atoms with E-state index in [0.717, 1.165) is 0 Å². The maximum absolute atomic E-state index is 11.5. The van der Waals surface area contributed by atoms with Gasteiger partial charge in [-0.1, -0.05) is 0 Å². The lowest BCUT2D eigenvalue weighted by Gasteiger charge is -2.17. The maximum Gasteiger partial charge on any atom is 0.325 e. The molecule has 0 aromatic heterocycles. The van der Waals surface area contributed by atoms with Crippen LogP contribution in [0.2, 0.25) is 0 Å². The van der Waals surface area contributed by atoms with Crippen molar-refractivity contribution in [3.63, 3.8) is 0 Å². The van der Waals surface area contributed by atoms with Crippen molar-refractivity contribution in [3.05, 3.63) is 0 Å². The van der Waals surface area contributed by atoms with E-state index in [2.05, 4.69) is 5.32 Å². The molecule has 2 unspecified atom stereocenters. The minimum atomic E-state index is -1.24. The summed E-state index contributed by atoms with van der Waals surface area (Å²) in [6.07, 6.45) is 0.235. The summed E-state index contributed by atoms with van der Waals surface area (Å²) in [5.74, 6) is -3.05. The Bertz CT molecular complexity index is 352. The van der Waals surface area contributed by atoms with Gasteiger partial charge < -0.3 is 27.0 Å². The minimum absolute atomic E-state index is 0.104. The van der Waals surface area contributed by atoms with Crippen LogP contribution in [0.15, 0.2) is 0 Å². The number of carbonyl (C=O) groups excluding carboxylic acids is 1. The van der Waals surface area contributed by atoms with E-state index in [1.807, 2.05) is 0 Å². The van der Waals surface area contributed by atoms with Crippen LogP contribution in [0.4, 0.5) is 0 Å². The van der Waals surface area contributed by atoms with E-state index in [9.17, 15) is 14.4 Å². The molecule has 0 spiro atoms. The molecule has 0 aliphatic heterocycles. The monoisotopic (exact) mass is 295 g/mol. The van der Waals surface area contributed by atoms with Gasteiger partial charge in [-0.25, -0.2) is 0 Å². The quantitative estimate of drug-likeness (QED) is 0.348. The smallest absolute Gasteiger partial charge is 0.325 e. The molecule has 0 rings (SSSR count). The summed E-state index contributed by atoms with van der Waals surface area (Å²) >= 11 is 5.74. The topological polar surface area (TPSA) is 156 Å². The number of nitrogens with two attached hydrogens (primary N) is 2. The number of hydrogen-bond acceptors (Lipinski definition) is 5. The number of rotatable bonds is 8. The second kappa shape index (κ2) is 7.93. The average molecular weight is 296 g/mol. The van der Waals surface area contributed by atoms with E-state index >= 15 is 0 Å². The zero-order valence-corrected chi connectivity index (χ0v) is 11.1. The van der Waals surface area contributed by atoms with E-state index in [4.69, 9.17) is 33.3 Å². The van der Waals surface area contributed by atoms with Gasteiger partial charge in [0.2, 0.25) is 5.91 Å². The molecule has 1 amide bonds. The first-order chi connectivity index (χ1) is 8.66. The van der Waals surface area contributed by atoms with Crippen LogP contribution in [-0.2, 0) is 14.4 Å². The Balaban J connectivity index is 4.17. The maximum atomic E-state index is 11.5. The molecule has 0 aliphatic rings. The van der Waals surface area contributed by atoms with Gasteiger partial charge in [0.15, 0.2) is 0 Å². The van der Waals surface area contributed by atoms with Crippen molar-refractivity contribution >= 4 is 29.4 Å². The fourth-order valence-electron chi connectivity index (χ4n) is 1.19. The first-order valence-corrected chi connectivity index (χ1v) is 6.01. The third-order valence-corrected chi connectivity index (χ3v) is 2.98. The zero-order chi connectivity index (χ0) is 15.2. The summed E-state index contributed by atoms with van der Waals surface area (Å²) in [6, 6.07) is -3.26. The van der Waals surface area contributed by atoms with E-state index in [1.165, 1.54) is 6.92 Å². The SMILES string of the molecule is C[C@H](NC(=O)[C@@H](N)CCC(Cl)C(N)C(=O)O)C(=O)O. The van der Waals surface area contributed by atoms with Gasteiger partial charge in [0.25, 0.3) is 0 Å². The van der Waals surface area contributed by atoms with Gasteiger partial charge in [-0.3, -0.25) is 14.4 Å². The highest BCUT2D eigenvalue weighted by atomic mass is 35.5. The van der Waals surface area contributed by atoms with Gasteiger partial charge in [-0.15, -0.1) is 11.6 Å². The van der Waals surface area contributed by atoms with Crippen molar-refractivity contribution in [2.75, 3.05) is 0 Å². The molecule has 0 aromatic rings. The predicted molar refractivity (Wildman–Crippen MR) is 67.7 cm³/mol. The van der Waals surface area contributed by atoms with Crippen molar-refractivity contribution in [2.24, 2.45) is 11.5 Å². The Morgan fingerprint density at radius 1 is 1.16 bits per heavy atom. The van der Waals surface area contributed by atoms with Crippen LogP contribution < -0.4 is 16.8 Å². The van der Waals surface area contributed by atoms with Crippen molar-refractivity contribution in [3.8, 4) is 0 Å². The zero-order valence-electron chi connectivity index (χ0n) is 10.4. The molecule has 7 N–H and O–H groups in total. The summed E-state index contributed by atoms with van der Waals surface area (Å²) in [4.78, 5) is 32.6. The highest BCUT2D eigenvalue weighted by Gasteiger charge is 2.25. The number of halogens is 1. The number of carbonyl (C=O) groups is 3. The van der Waals surface area contributed by atoms with E-state index < -0.39 is 41.3 Å². The van der Waals surface area contributed by atoms with Gasteiger partial charge in [0, 0.05) is 0 Å². The minimum Gasteiger partial charge on any atom is -0.480 e. The second-order valence-electron chi connectivity index (χ2n) is 4.13. The van der Waals surface area contributed by atoms with Crippen molar-refractivity contribution in [2.45, 2.75) is 43.3 Å². The lowest BCUT2D eigenvalue weighted by molar-refractivity contribution is -0.141. The highest BCUT2D eigenvalue weighted by molar-refractivity contribution is 6.22. The van der Waals surface area contributed by atoms with Crippen LogP contribution in [-0.4, -0.2) is 51.6 Å². The van der Waals surface area contributed by atoms with E-state index in [-0.39, 0.29) is 12.8 Å². The Labute approximate surface area is 115 Å². The molecule has 0 fully saturated rings. The van der Waals surface area contributed by atoms with Crippen molar-refractivity contribution in [1.82, 2.24) is 5.32 Å². The summed E-state index contributed by atoms with van der Waals surface area (Å²) in [5.41, 5.74) is 10.8. The molecule has 110 valence electrons. The Kier molecular flexibility index (Phi) is 7.35. The number of amides is 1. The largest absolute Gasteiger partial charge is 0.480 e. The van der Waals surface area contributed by atoms with Crippen LogP contribution in [0.3, 0.4) is 0 Å². The van der Waals surface area contributed by atoms with Gasteiger partial charge in [-0.05, 0) is 19.8 Å². The van der Waals surface area contributed by atoms with Crippen molar-refractivity contribution in [1.29, 1.82) is 0 Å². The van der Waals surface area contributed by atoms with Crippen LogP contribution in [0, 0.1) is 0 Å². The molecule has 0 aliphatic carbocycles. The van der Waals surface area contributed by atoms with Gasteiger partial charge >= 0.3 is 11.9 Å². The summed E-state index contributed by atoms with van der Waals surface area (Å²) in [5, 5.41) is 18.6. The molecule has 0 bridgehead atoms. The Morgan fingerprint density at radius 2 is 1.68 bits per heavy atom. The second-order valence-corrected chi connectivity index (χ2v) is 4.69. The fourth-order valence-corrected chi connectivity index (χ4v) is 1.42. The molecule has 0 saturated heterocycles. The number of carboxylic acid groups (broad SMARTS) is 2. The van der Waals surface area contributed by atoms with Gasteiger partial charge in [0.05, 0.1) is 11.4 Å². The molecule has 0 saturated carbocycles. The molecular formula is C10H18ClN3O5. The summed E-state index contributed by atoms with van der Waals surface area (Å²) in [7, 11) is 0. The molecule has 0 radical (unpaired) electrons. The lowest BCUT2D eigenvalue weighted by Crippen LogP contribution is -2.47. The van der Waals surface area contributed by atoms with Gasteiger partial charge in [-0.2, -0.15) is 0 Å². The number of aliphatic carboxylic acids is 2. The Morgan fingerprint density at radius 3 is 2.11 bits per heavy atom. The van der Waals surface area contributed by atoms with Gasteiger partial charge in [0.1, 0.15) is 12.1 Å². The standard InChI is InChI=1S/C10H18ClN3O5/c1-4(9(16)17)14-8(15)6(12)3-2-5(11)7(13)10(18)19/h4-7H,2-3,12-13H2,1H3,(H,14,15)(H,16,17)(H,18,19)/t4-,5?,6-,7?/m0/s1. The van der Waals surface area contributed by atoms with Crippen LogP contribution in [0.5, 0.6) is 0 Å². The van der Waals surface area contributed by atoms with Crippen molar-refractivity contribution < 1.29 is 24.6 Å². The molecule has 8 nitrogen and oxygen atoms in total. The Hall–Kier alpha value is -1.38. The fraction of sp³-hybridized carbons (Fsp3) is 0.700.